The third-order valence-electron chi connectivity index (χ3n) is 4.45. The van der Waals surface area contributed by atoms with Gasteiger partial charge in [-0.25, -0.2) is 0 Å². The zero-order valence-electron chi connectivity index (χ0n) is 12.7. The highest BCUT2D eigenvalue weighted by Gasteiger charge is 2.34. The van der Waals surface area contributed by atoms with E-state index in [0.29, 0.717) is 40.7 Å². The van der Waals surface area contributed by atoms with Crippen LogP contribution in [0.2, 0.25) is 5.02 Å². The van der Waals surface area contributed by atoms with Gasteiger partial charge in [0.15, 0.2) is 0 Å². The van der Waals surface area contributed by atoms with Crippen LogP contribution in [-0.2, 0) is 0 Å². The molecule has 0 spiro atoms. The molecule has 120 valence electrons. The van der Waals surface area contributed by atoms with Gasteiger partial charge in [0, 0.05) is 24.2 Å². The van der Waals surface area contributed by atoms with Crippen molar-refractivity contribution in [1.82, 2.24) is 10.6 Å². The minimum atomic E-state index is -0.142. The number of hydrogen-bond donors (Lipinski definition) is 3. The maximum Gasteiger partial charge on any atom is 0.255 e. The number of halogens is 1. The highest BCUT2D eigenvalue weighted by molar-refractivity contribution is 6.33. The monoisotopic (exact) mass is 323 g/mol. The Morgan fingerprint density at radius 1 is 1.41 bits per heavy atom. The summed E-state index contributed by atoms with van der Waals surface area (Å²) in [6, 6.07) is 4.48. The summed E-state index contributed by atoms with van der Waals surface area (Å²) < 4.78 is 5.53. The van der Waals surface area contributed by atoms with Gasteiger partial charge in [-0.2, -0.15) is 0 Å². The van der Waals surface area contributed by atoms with Gasteiger partial charge in [-0.1, -0.05) is 11.6 Å². The topological polar surface area (TPSA) is 76.4 Å². The molecule has 5 nitrogen and oxygen atoms in total. The van der Waals surface area contributed by atoms with Crippen molar-refractivity contribution in [2.45, 2.75) is 50.7 Å². The molecule has 2 aliphatic rings. The molecule has 2 unspecified atom stereocenters. The number of hydrogen-bond acceptors (Lipinski definition) is 4. The van der Waals surface area contributed by atoms with Crippen LogP contribution < -0.4 is 21.1 Å². The molecule has 1 amide bonds. The molecule has 1 aromatic rings. The molecule has 2 heterocycles. The number of fused-ring (bicyclic) bond motifs is 2. The molecule has 2 bridgehead atoms. The van der Waals surface area contributed by atoms with Gasteiger partial charge < -0.3 is 21.1 Å². The highest BCUT2D eigenvalue weighted by atomic mass is 35.5. The van der Waals surface area contributed by atoms with Crippen LogP contribution in [0, 0.1) is 0 Å². The van der Waals surface area contributed by atoms with Gasteiger partial charge in [0.1, 0.15) is 5.75 Å². The van der Waals surface area contributed by atoms with E-state index in [1.54, 1.807) is 12.1 Å². The fourth-order valence-electron chi connectivity index (χ4n) is 3.46. The van der Waals surface area contributed by atoms with Crippen molar-refractivity contribution in [3.8, 4) is 5.75 Å². The number of piperidine rings is 1. The first-order valence-electron chi connectivity index (χ1n) is 7.85. The first kappa shape index (κ1) is 15.4. The first-order valence-corrected chi connectivity index (χ1v) is 8.23. The Labute approximate surface area is 135 Å². The second kappa shape index (κ2) is 6.34. The van der Waals surface area contributed by atoms with Gasteiger partial charge in [-0.15, -0.1) is 0 Å². The number of carbonyl (C=O) groups excluding carboxylic acids is 1. The van der Waals surface area contributed by atoms with Crippen LogP contribution in [0.15, 0.2) is 12.1 Å². The van der Waals surface area contributed by atoms with E-state index in [1.165, 1.54) is 12.8 Å². The fourth-order valence-corrected chi connectivity index (χ4v) is 3.62. The van der Waals surface area contributed by atoms with Crippen LogP contribution in [0.25, 0.3) is 0 Å². The second-order valence-electron chi connectivity index (χ2n) is 6.08. The smallest absolute Gasteiger partial charge is 0.255 e. The normalized spacial score (nSPS) is 26.7. The molecule has 2 saturated heterocycles. The van der Waals surface area contributed by atoms with Crippen molar-refractivity contribution in [2.75, 3.05) is 12.3 Å². The van der Waals surface area contributed by atoms with Crippen LogP contribution >= 0.6 is 11.6 Å². The lowest BCUT2D eigenvalue weighted by Crippen LogP contribution is -2.48. The van der Waals surface area contributed by atoms with Crippen molar-refractivity contribution in [3.63, 3.8) is 0 Å². The molecular formula is C16H22ClN3O2. The van der Waals surface area contributed by atoms with E-state index in [4.69, 9.17) is 22.1 Å². The van der Waals surface area contributed by atoms with Gasteiger partial charge >= 0.3 is 0 Å². The molecular weight excluding hydrogens is 302 g/mol. The summed E-state index contributed by atoms with van der Waals surface area (Å²) in [7, 11) is 0. The van der Waals surface area contributed by atoms with E-state index >= 15 is 0 Å². The van der Waals surface area contributed by atoms with Crippen LogP contribution in [0.1, 0.15) is 43.0 Å². The lowest BCUT2D eigenvalue weighted by Gasteiger charge is -2.29. The summed E-state index contributed by atoms with van der Waals surface area (Å²) in [5, 5.41) is 7.07. The Morgan fingerprint density at radius 2 is 2.09 bits per heavy atom. The molecule has 0 aliphatic carbocycles. The number of anilines is 1. The van der Waals surface area contributed by atoms with E-state index in [1.807, 2.05) is 6.92 Å². The number of carbonyl (C=O) groups is 1. The highest BCUT2D eigenvalue weighted by Crippen LogP contribution is 2.30. The summed E-state index contributed by atoms with van der Waals surface area (Å²) in [5.41, 5.74) is 6.67. The van der Waals surface area contributed by atoms with E-state index in [-0.39, 0.29) is 11.9 Å². The number of rotatable bonds is 4. The number of nitrogen functional groups attached to an aromatic ring is 1. The van der Waals surface area contributed by atoms with Gasteiger partial charge in [-0.05, 0) is 38.7 Å². The molecule has 22 heavy (non-hydrogen) atoms. The molecule has 2 aliphatic heterocycles. The lowest BCUT2D eigenvalue weighted by atomic mass is 9.99. The molecule has 3 rings (SSSR count). The number of benzene rings is 1. The number of amides is 1. The molecule has 0 radical (unpaired) electrons. The summed E-state index contributed by atoms with van der Waals surface area (Å²) in [6.07, 6.45) is 4.37. The SMILES string of the molecule is CCOc1cc(N)c(Cl)cc1C(=O)NC1CC2CCC(C1)N2. The Morgan fingerprint density at radius 3 is 2.73 bits per heavy atom. The van der Waals surface area contributed by atoms with Crippen molar-refractivity contribution in [2.24, 2.45) is 0 Å². The summed E-state index contributed by atoms with van der Waals surface area (Å²) in [4.78, 5) is 12.6. The summed E-state index contributed by atoms with van der Waals surface area (Å²) >= 11 is 6.06. The quantitative estimate of drug-likeness (QED) is 0.743. The lowest BCUT2D eigenvalue weighted by molar-refractivity contribution is 0.0920. The van der Waals surface area contributed by atoms with Crippen LogP contribution in [-0.4, -0.2) is 30.6 Å². The third-order valence-corrected chi connectivity index (χ3v) is 4.78. The summed E-state index contributed by atoms with van der Waals surface area (Å²) in [5.74, 6) is 0.343. The number of ether oxygens (including phenoxy) is 1. The van der Waals surface area contributed by atoms with E-state index in [2.05, 4.69) is 10.6 Å². The van der Waals surface area contributed by atoms with Gasteiger partial charge in [0.2, 0.25) is 0 Å². The van der Waals surface area contributed by atoms with Crippen LogP contribution in [0.3, 0.4) is 0 Å². The molecule has 4 N–H and O–H groups in total. The molecule has 0 saturated carbocycles. The first-order chi connectivity index (χ1) is 10.6. The Bertz CT molecular complexity index is 567. The molecule has 2 fully saturated rings. The zero-order chi connectivity index (χ0) is 15.7. The van der Waals surface area contributed by atoms with Crippen molar-refractivity contribution < 1.29 is 9.53 Å². The van der Waals surface area contributed by atoms with E-state index in [0.717, 1.165) is 12.8 Å². The van der Waals surface area contributed by atoms with Crippen molar-refractivity contribution in [1.29, 1.82) is 0 Å². The van der Waals surface area contributed by atoms with Crippen molar-refractivity contribution in [3.05, 3.63) is 22.7 Å². The molecule has 2 atom stereocenters. The maximum absolute atomic E-state index is 12.6. The zero-order valence-corrected chi connectivity index (χ0v) is 13.5. The van der Waals surface area contributed by atoms with Crippen LogP contribution in [0.4, 0.5) is 5.69 Å². The third kappa shape index (κ3) is 3.15. The largest absolute Gasteiger partial charge is 0.493 e. The predicted octanol–water partition coefficient (Wildman–Crippen LogP) is 2.33. The van der Waals surface area contributed by atoms with Gasteiger partial charge in [0.25, 0.3) is 5.91 Å². The van der Waals surface area contributed by atoms with Gasteiger partial charge in [-0.3, -0.25) is 4.79 Å². The van der Waals surface area contributed by atoms with Crippen molar-refractivity contribution >= 4 is 23.2 Å². The second-order valence-corrected chi connectivity index (χ2v) is 6.49. The van der Waals surface area contributed by atoms with E-state index < -0.39 is 0 Å². The Balaban J connectivity index is 1.75. The van der Waals surface area contributed by atoms with E-state index in [9.17, 15) is 4.79 Å². The molecule has 1 aromatic carbocycles. The average molecular weight is 324 g/mol. The molecule has 0 aromatic heterocycles. The minimum Gasteiger partial charge on any atom is -0.493 e. The predicted molar refractivity (Wildman–Crippen MR) is 87.5 cm³/mol. The van der Waals surface area contributed by atoms with Crippen LogP contribution in [0.5, 0.6) is 5.75 Å². The summed E-state index contributed by atoms with van der Waals surface area (Å²) in [6.45, 7) is 2.34. The Kier molecular flexibility index (Phi) is 4.45. The Hall–Kier alpha value is -1.46. The number of nitrogens with one attached hydrogen (secondary N) is 2. The maximum atomic E-state index is 12.6. The standard InChI is InChI=1S/C16H22ClN3O2/c1-2-22-15-8-14(18)13(17)7-12(15)16(21)20-11-5-9-3-4-10(6-11)19-9/h7-11,19H,2-6,18H2,1H3,(H,20,21). The molecule has 6 heteroatoms. The van der Waals surface area contributed by atoms with Gasteiger partial charge in [0.05, 0.1) is 22.9 Å². The fraction of sp³-hybridized carbons (Fsp3) is 0.562. The minimum absolute atomic E-state index is 0.142. The average Bonchev–Trinajstić information content (AvgIpc) is 2.82. The number of nitrogens with two attached hydrogens (primary N) is 1.